The molecule has 1 unspecified atom stereocenters. The smallest absolute Gasteiger partial charge is 0.127 e. The van der Waals surface area contributed by atoms with Gasteiger partial charge in [-0.3, -0.25) is 4.90 Å². The molecule has 0 aromatic heterocycles. The van der Waals surface area contributed by atoms with Gasteiger partial charge in [0, 0.05) is 44.4 Å². The van der Waals surface area contributed by atoms with Gasteiger partial charge in [0.2, 0.25) is 0 Å². The highest BCUT2D eigenvalue weighted by Gasteiger charge is 2.23. The Morgan fingerprint density at radius 3 is 2.58 bits per heavy atom. The molecule has 1 aliphatic heterocycles. The summed E-state index contributed by atoms with van der Waals surface area (Å²) < 4.78 is 10.7. The summed E-state index contributed by atoms with van der Waals surface area (Å²) in [6.07, 6.45) is 0. The highest BCUT2D eigenvalue weighted by molar-refractivity contribution is 5.42. The molecule has 1 aliphatic rings. The van der Waals surface area contributed by atoms with E-state index in [1.807, 2.05) is 12.1 Å². The normalized spacial score (nSPS) is 18.1. The van der Waals surface area contributed by atoms with Crippen LogP contribution in [0.1, 0.15) is 11.6 Å². The van der Waals surface area contributed by atoms with Crippen LogP contribution in [-0.2, 0) is 0 Å². The first kappa shape index (κ1) is 14.1. The van der Waals surface area contributed by atoms with E-state index in [1.54, 1.807) is 14.2 Å². The van der Waals surface area contributed by atoms with E-state index in [0.717, 1.165) is 43.2 Å². The van der Waals surface area contributed by atoms with E-state index in [1.165, 1.54) is 0 Å². The molecule has 1 fully saturated rings. The molecule has 5 heteroatoms. The van der Waals surface area contributed by atoms with Crippen LogP contribution in [0.3, 0.4) is 0 Å². The van der Waals surface area contributed by atoms with Crippen LogP contribution in [0.15, 0.2) is 18.2 Å². The van der Waals surface area contributed by atoms with Gasteiger partial charge in [0.25, 0.3) is 0 Å². The van der Waals surface area contributed by atoms with Crippen molar-refractivity contribution in [1.29, 1.82) is 0 Å². The largest absolute Gasteiger partial charge is 0.497 e. The van der Waals surface area contributed by atoms with Gasteiger partial charge in [-0.25, -0.2) is 0 Å². The van der Waals surface area contributed by atoms with Crippen LogP contribution in [0, 0.1) is 0 Å². The summed E-state index contributed by atoms with van der Waals surface area (Å²) in [6, 6.07) is 6.13. The van der Waals surface area contributed by atoms with Crippen molar-refractivity contribution in [1.82, 2.24) is 10.2 Å². The quantitative estimate of drug-likeness (QED) is 0.817. The zero-order valence-electron chi connectivity index (χ0n) is 11.7. The van der Waals surface area contributed by atoms with Gasteiger partial charge >= 0.3 is 0 Å². The van der Waals surface area contributed by atoms with Gasteiger partial charge in [-0.2, -0.15) is 0 Å². The van der Waals surface area contributed by atoms with Crippen LogP contribution >= 0.6 is 0 Å². The minimum atomic E-state index is 0.197. The van der Waals surface area contributed by atoms with E-state index >= 15 is 0 Å². The Morgan fingerprint density at radius 1 is 1.26 bits per heavy atom. The number of hydrogen-bond donors (Lipinski definition) is 2. The molecule has 19 heavy (non-hydrogen) atoms. The van der Waals surface area contributed by atoms with Crippen LogP contribution in [0.4, 0.5) is 0 Å². The fourth-order valence-corrected chi connectivity index (χ4v) is 2.56. The summed E-state index contributed by atoms with van der Waals surface area (Å²) in [5, 5.41) is 3.36. The van der Waals surface area contributed by atoms with E-state index in [2.05, 4.69) is 16.3 Å². The molecule has 0 aliphatic carbocycles. The third kappa shape index (κ3) is 3.18. The molecule has 1 saturated heterocycles. The van der Waals surface area contributed by atoms with Crippen LogP contribution in [-0.4, -0.2) is 51.8 Å². The summed E-state index contributed by atoms with van der Waals surface area (Å²) in [4.78, 5) is 2.40. The Morgan fingerprint density at radius 2 is 2.00 bits per heavy atom. The van der Waals surface area contributed by atoms with Gasteiger partial charge in [-0.15, -0.1) is 0 Å². The van der Waals surface area contributed by atoms with Crippen LogP contribution in [0.25, 0.3) is 0 Å². The zero-order chi connectivity index (χ0) is 13.7. The molecule has 5 nitrogen and oxygen atoms in total. The lowest BCUT2D eigenvalue weighted by atomic mass is 10.0. The Balaban J connectivity index is 2.26. The number of nitrogens with one attached hydrogen (secondary N) is 1. The van der Waals surface area contributed by atoms with Crippen molar-refractivity contribution in [2.45, 2.75) is 6.04 Å². The summed E-state index contributed by atoms with van der Waals surface area (Å²) in [5.74, 6) is 1.64. The van der Waals surface area contributed by atoms with Crippen molar-refractivity contribution >= 4 is 0 Å². The minimum absolute atomic E-state index is 0.197. The van der Waals surface area contributed by atoms with Crippen LogP contribution < -0.4 is 20.5 Å². The van der Waals surface area contributed by atoms with Crippen molar-refractivity contribution in [3.05, 3.63) is 23.8 Å². The number of methoxy groups -OCH3 is 2. The Bertz CT molecular complexity index is 406. The van der Waals surface area contributed by atoms with Gasteiger partial charge in [0.05, 0.1) is 20.3 Å². The molecule has 0 saturated carbocycles. The monoisotopic (exact) mass is 265 g/mol. The van der Waals surface area contributed by atoms with E-state index < -0.39 is 0 Å². The van der Waals surface area contributed by atoms with Crippen molar-refractivity contribution in [2.75, 3.05) is 46.9 Å². The summed E-state index contributed by atoms with van der Waals surface area (Å²) in [7, 11) is 3.34. The first-order valence-corrected chi connectivity index (χ1v) is 6.67. The van der Waals surface area contributed by atoms with Crippen molar-refractivity contribution in [3.63, 3.8) is 0 Å². The molecular weight excluding hydrogens is 242 g/mol. The summed E-state index contributed by atoms with van der Waals surface area (Å²) >= 11 is 0. The van der Waals surface area contributed by atoms with Gasteiger partial charge < -0.3 is 20.5 Å². The second-order valence-electron chi connectivity index (χ2n) is 4.65. The zero-order valence-corrected chi connectivity index (χ0v) is 11.7. The van der Waals surface area contributed by atoms with Gasteiger partial charge in [0.15, 0.2) is 0 Å². The number of benzene rings is 1. The number of piperazine rings is 1. The second-order valence-corrected chi connectivity index (χ2v) is 4.65. The molecule has 0 radical (unpaired) electrons. The fourth-order valence-electron chi connectivity index (χ4n) is 2.56. The molecule has 1 aromatic rings. The molecule has 1 atom stereocenters. The second kappa shape index (κ2) is 6.75. The maximum absolute atomic E-state index is 5.98. The lowest BCUT2D eigenvalue weighted by Crippen LogP contribution is -2.47. The first-order chi connectivity index (χ1) is 9.30. The molecule has 0 amide bonds. The fraction of sp³-hybridized carbons (Fsp3) is 0.571. The maximum Gasteiger partial charge on any atom is 0.127 e. The molecule has 106 valence electrons. The van der Waals surface area contributed by atoms with Crippen LogP contribution in [0.5, 0.6) is 11.5 Å². The van der Waals surface area contributed by atoms with E-state index in [9.17, 15) is 0 Å². The summed E-state index contributed by atoms with van der Waals surface area (Å²) in [5.41, 5.74) is 7.11. The molecule has 0 spiro atoms. The standard InChI is InChI=1S/C14H23N3O2/c1-18-11-3-4-12(14(9-11)19-2)13(10-15)17-7-5-16-6-8-17/h3-4,9,13,16H,5-8,10,15H2,1-2H3. The molecule has 1 aromatic carbocycles. The summed E-state index contributed by atoms with van der Waals surface area (Å²) in [6.45, 7) is 4.63. The molecule has 3 N–H and O–H groups in total. The SMILES string of the molecule is COc1ccc(C(CN)N2CCNCC2)c(OC)c1. The van der Waals surface area contributed by atoms with Crippen molar-refractivity contribution < 1.29 is 9.47 Å². The average molecular weight is 265 g/mol. The number of hydrogen-bond acceptors (Lipinski definition) is 5. The number of rotatable bonds is 5. The van der Waals surface area contributed by atoms with Crippen LogP contribution in [0.2, 0.25) is 0 Å². The lowest BCUT2D eigenvalue weighted by Gasteiger charge is -2.35. The third-order valence-electron chi connectivity index (χ3n) is 3.62. The highest BCUT2D eigenvalue weighted by atomic mass is 16.5. The number of ether oxygens (including phenoxy) is 2. The molecular formula is C14H23N3O2. The predicted octanol–water partition coefficient (Wildman–Crippen LogP) is 0.609. The van der Waals surface area contributed by atoms with Gasteiger partial charge in [-0.05, 0) is 6.07 Å². The van der Waals surface area contributed by atoms with Crippen molar-refractivity contribution in [2.24, 2.45) is 5.73 Å². The first-order valence-electron chi connectivity index (χ1n) is 6.67. The molecule has 0 bridgehead atoms. The Hall–Kier alpha value is -1.30. The van der Waals surface area contributed by atoms with E-state index in [0.29, 0.717) is 6.54 Å². The highest BCUT2D eigenvalue weighted by Crippen LogP contribution is 2.32. The Kier molecular flexibility index (Phi) is 5.01. The third-order valence-corrected chi connectivity index (χ3v) is 3.62. The molecule has 2 rings (SSSR count). The number of nitrogens with zero attached hydrogens (tertiary/aromatic N) is 1. The Labute approximate surface area is 114 Å². The van der Waals surface area contributed by atoms with E-state index in [-0.39, 0.29) is 6.04 Å². The van der Waals surface area contributed by atoms with Gasteiger partial charge in [0.1, 0.15) is 11.5 Å². The predicted molar refractivity (Wildman–Crippen MR) is 75.8 cm³/mol. The lowest BCUT2D eigenvalue weighted by molar-refractivity contribution is 0.175. The number of nitrogens with two attached hydrogens (primary N) is 1. The van der Waals surface area contributed by atoms with Gasteiger partial charge in [-0.1, -0.05) is 6.07 Å². The maximum atomic E-state index is 5.98. The minimum Gasteiger partial charge on any atom is -0.497 e. The van der Waals surface area contributed by atoms with E-state index in [4.69, 9.17) is 15.2 Å². The molecule has 1 heterocycles. The topological polar surface area (TPSA) is 59.8 Å². The average Bonchev–Trinajstić information content (AvgIpc) is 2.49. The van der Waals surface area contributed by atoms with Crippen molar-refractivity contribution in [3.8, 4) is 11.5 Å².